The number of rotatable bonds is 2. The molecule has 2 N–H and O–H groups in total. The normalized spacial score (nSPS) is 13.8. The van der Waals surface area contributed by atoms with E-state index in [1.54, 1.807) is 23.3 Å². The molecule has 0 fully saturated rings. The molecule has 0 saturated heterocycles. The number of hydrogen-bond donors (Lipinski definition) is 1. The average Bonchev–Trinajstić information content (AvgIpc) is 2.89. The number of carbonyl (C=O) groups is 1. The van der Waals surface area contributed by atoms with E-state index in [2.05, 4.69) is 22.0 Å². The van der Waals surface area contributed by atoms with Crippen LogP contribution in [0.1, 0.15) is 33.0 Å². The summed E-state index contributed by atoms with van der Waals surface area (Å²) in [5, 5.41) is 0. The van der Waals surface area contributed by atoms with Crippen LogP contribution in [0.2, 0.25) is 0 Å². The number of fused-ring (bicyclic) bond motifs is 1. The van der Waals surface area contributed by atoms with Gasteiger partial charge in [-0.15, -0.1) is 11.3 Å². The number of halogens is 1. The lowest BCUT2D eigenvalue weighted by molar-refractivity contribution is 0.0997. The van der Waals surface area contributed by atoms with Crippen molar-refractivity contribution in [3.63, 3.8) is 0 Å². The lowest BCUT2D eigenvalue weighted by Crippen LogP contribution is -2.26. The highest BCUT2D eigenvalue weighted by Gasteiger charge is 2.21. The minimum Gasteiger partial charge on any atom is -0.397 e. The topological polar surface area (TPSA) is 46.3 Å². The third kappa shape index (κ3) is 2.85. The van der Waals surface area contributed by atoms with Gasteiger partial charge in [0.05, 0.1) is 16.3 Å². The molecule has 21 heavy (non-hydrogen) atoms. The SMILES string of the molecule is CN(C(=O)c1cc2c(s1)CCCC2)c1ccc(Br)cc1N. The summed E-state index contributed by atoms with van der Waals surface area (Å²) in [6.45, 7) is 0. The molecular formula is C16H17BrN2OS. The van der Waals surface area contributed by atoms with Gasteiger partial charge >= 0.3 is 0 Å². The number of nitrogen functional groups attached to an aromatic ring is 1. The summed E-state index contributed by atoms with van der Waals surface area (Å²) in [5.41, 5.74) is 8.71. The Labute approximate surface area is 136 Å². The minimum atomic E-state index is 0.0171. The summed E-state index contributed by atoms with van der Waals surface area (Å²) in [5.74, 6) is 0.0171. The molecule has 1 aromatic heterocycles. The van der Waals surface area contributed by atoms with Gasteiger partial charge in [-0.05, 0) is 55.5 Å². The van der Waals surface area contributed by atoms with Crippen molar-refractivity contribution in [2.24, 2.45) is 0 Å². The first-order valence-electron chi connectivity index (χ1n) is 7.01. The number of hydrogen-bond acceptors (Lipinski definition) is 3. The van der Waals surface area contributed by atoms with Crippen molar-refractivity contribution >= 4 is 44.5 Å². The zero-order chi connectivity index (χ0) is 15.0. The molecule has 0 radical (unpaired) electrons. The summed E-state index contributed by atoms with van der Waals surface area (Å²) in [6, 6.07) is 7.64. The molecule has 0 atom stereocenters. The van der Waals surface area contributed by atoms with E-state index in [-0.39, 0.29) is 5.91 Å². The molecule has 1 aromatic carbocycles. The van der Waals surface area contributed by atoms with Gasteiger partial charge in [0.25, 0.3) is 5.91 Å². The van der Waals surface area contributed by atoms with Crippen molar-refractivity contribution in [3.8, 4) is 0 Å². The van der Waals surface area contributed by atoms with Crippen molar-refractivity contribution in [1.29, 1.82) is 0 Å². The van der Waals surface area contributed by atoms with Gasteiger partial charge in [0.2, 0.25) is 0 Å². The van der Waals surface area contributed by atoms with Crippen LogP contribution in [0.4, 0.5) is 11.4 Å². The molecule has 1 aliphatic rings. The first-order valence-corrected chi connectivity index (χ1v) is 8.62. The van der Waals surface area contributed by atoms with Crippen molar-refractivity contribution in [3.05, 3.63) is 44.1 Å². The third-order valence-electron chi connectivity index (χ3n) is 3.86. The summed E-state index contributed by atoms with van der Waals surface area (Å²) in [4.78, 5) is 16.5. The molecule has 0 spiro atoms. The van der Waals surface area contributed by atoms with Crippen molar-refractivity contribution < 1.29 is 4.79 Å². The molecule has 5 heteroatoms. The maximum atomic E-state index is 12.7. The summed E-state index contributed by atoms with van der Waals surface area (Å²) in [7, 11) is 1.78. The van der Waals surface area contributed by atoms with E-state index in [1.807, 2.05) is 18.2 Å². The second-order valence-corrected chi connectivity index (χ2v) is 7.39. The highest BCUT2D eigenvalue weighted by Crippen LogP contribution is 2.32. The molecule has 1 amide bonds. The molecule has 1 aliphatic carbocycles. The monoisotopic (exact) mass is 364 g/mol. The van der Waals surface area contributed by atoms with Crippen LogP contribution >= 0.6 is 27.3 Å². The standard InChI is InChI=1S/C16H17BrN2OS/c1-19(13-7-6-11(17)9-12(13)18)16(20)15-8-10-4-2-3-5-14(10)21-15/h6-9H,2-5,18H2,1H3. The van der Waals surface area contributed by atoms with Gasteiger partial charge in [0.1, 0.15) is 0 Å². The summed E-state index contributed by atoms with van der Waals surface area (Å²) in [6.07, 6.45) is 4.67. The molecule has 110 valence electrons. The molecule has 0 unspecified atom stereocenters. The lowest BCUT2D eigenvalue weighted by Gasteiger charge is -2.18. The van der Waals surface area contributed by atoms with Crippen LogP contribution in [0, 0.1) is 0 Å². The Hall–Kier alpha value is -1.33. The van der Waals surface area contributed by atoms with Crippen LogP contribution in [0.25, 0.3) is 0 Å². The predicted molar refractivity (Wildman–Crippen MR) is 92.2 cm³/mol. The van der Waals surface area contributed by atoms with E-state index >= 15 is 0 Å². The lowest BCUT2D eigenvalue weighted by atomic mass is 9.99. The molecule has 0 aliphatic heterocycles. The fourth-order valence-corrected chi connectivity index (χ4v) is 4.31. The Kier molecular flexibility index (Phi) is 4.04. The number of carbonyl (C=O) groups excluding carboxylic acids is 1. The molecule has 3 nitrogen and oxygen atoms in total. The molecular weight excluding hydrogens is 348 g/mol. The Morgan fingerprint density at radius 3 is 2.76 bits per heavy atom. The Morgan fingerprint density at radius 2 is 2.05 bits per heavy atom. The van der Waals surface area contributed by atoms with Crippen LogP contribution in [0.15, 0.2) is 28.7 Å². The zero-order valence-electron chi connectivity index (χ0n) is 11.9. The van der Waals surface area contributed by atoms with E-state index in [0.717, 1.165) is 27.9 Å². The van der Waals surface area contributed by atoms with Crippen LogP contribution in [0.5, 0.6) is 0 Å². The van der Waals surface area contributed by atoms with Crippen LogP contribution in [-0.2, 0) is 12.8 Å². The maximum absolute atomic E-state index is 12.7. The molecule has 0 saturated carbocycles. The summed E-state index contributed by atoms with van der Waals surface area (Å²) < 4.78 is 0.913. The number of benzene rings is 1. The Morgan fingerprint density at radius 1 is 1.29 bits per heavy atom. The average molecular weight is 365 g/mol. The van der Waals surface area contributed by atoms with E-state index in [4.69, 9.17) is 5.73 Å². The fourth-order valence-electron chi connectivity index (χ4n) is 2.70. The quantitative estimate of drug-likeness (QED) is 0.809. The number of aryl methyl sites for hydroxylation is 2. The number of anilines is 2. The van der Waals surface area contributed by atoms with Gasteiger partial charge in [-0.25, -0.2) is 0 Å². The van der Waals surface area contributed by atoms with Crippen LogP contribution in [0.3, 0.4) is 0 Å². The molecule has 2 aromatic rings. The largest absolute Gasteiger partial charge is 0.397 e. The van der Waals surface area contributed by atoms with Crippen molar-refractivity contribution in [2.75, 3.05) is 17.7 Å². The van der Waals surface area contributed by atoms with E-state index in [9.17, 15) is 4.79 Å². The smallest absolute Gasteiger partial charge is 0.268 e. The second-order valence-electron chi connectivity index (χ2n) is 5.33. The number of nitrogens with zero attached hydrogens (tertiary/aromatic N) is 1. The van der Waals surface area contributed by atoms with E-state index in [0.29, 0.717) is 5.69 Å². The highest BCUT2D eigenvalue weighted by atomic mass is 79.9. The minimum absolute atomic E-state index is 0.0171. The molecule has 3 rings (SSSR count). The van der Waals surface area contributed by atoms with Crippen LogP contribution in [-0.4, -0.2) is 13.0 Å². The fraction of sp³-hybridized carbons (Fsp3) is 0.312. The number of amides is 1. The van der Waals surface area contributed by atoms with Gasteiger partial charge in [-0.2, -0.15) is 0 Å². The van der Waals surface area contributed by atoms with Gasteiger partial charge in [-0.1, -0.05) is 15.9 Å². The van der Waals surface area contributed by atoms with Gasteiger partial charge in [-0.3, -0.25) is 4.79 Å². The first kappa shape index (κ1) is 14.6. The molecule has 1 heterocycles. The highest BCUT2D eigenvalue weighted by molar-refractivity contribution is 9.10. The number of nitrogens with two attached hydrogens (primary N) is 1. The van der Waals surface area contributed by atoms with Gasteiger partial charge < -0.3 is 10.6 Å². The van der Waals surface area contributed by atoms with E-state index < -0.39 is 0 Å². The third-order valence-corrected chi connectivity index (χ3v) is 5.58. The van der Waals surface area contributed by atoms with Crippen LogP contribution < -0.4 is 10.6 Å². The van der Waals surface area contributed by atoms with Gasteiger partial charge in [0, 0.05) is 16.4 Å². The Bertz CT molecular complexity index is 672. The second kappa shape index (κ2) is 5.81. The maximum Gasteiger partial charge on any atom is 0.268 e. The Balaban J connectivity index is 1.88. The summed E-state index contributed by atoms with van der Waals surface area (Å²) >= 11 is 5.02. The molecule has 0 bridgehead atoms. The van der Waals surface area contributed by atoms with E-state index in [1.165, 1.54) is 23.3 Å². The predicted octanol–water partition coefficient (Wildman–Crippen LogP) is 4.25. The van der Waals surface area contributed by atoms with Gasteiger partial charge in [0.15, 0.2) is 0 Å². The van der Waals surface area contributed by atoms with Crippen molar-refractivity contribution in [1.82, 2.24) is 0 Å². The first-order chi connectivity index (χ1) is 10.1. The number of thiophene rings is 1. The van der Waals surface area contributed by atoms with Crippen molar-refractivity contribution in [2.45, 2.75) is 25.7 Å². The zero-order valence-corrected chi connectivity index (χ0v) is 14.3.